The van der Waals surface area contributed by atoms with E-state index in [-0.39, 0.29) is 23.9 Å². The van der Waals surface area contributed by atoms with Crippen LogP contribution < -0.4 is 0 Å². The van der Waals surface area contributed by atoms with Gasteiger partial charge in [0.2, 0.25) is 21.7 Å². The zero-order valence-corrected chi connectivity index (χ0v) is 17.4. The molecule has 6 nitrogen and oxygen atoms in total. The standard InChI is InChI=1S/C21H20F3N3O3S/c1-14-5-2-6-15(11-14)19-25-20(30-26-19)16-7-4-10-27(13-16)31(28,29)18-9-3-8-17(12-18)21(22,23)24/h2-3,5-6,8-9,11-12,16H,4,7,10,13H2,1H3. The normalized spacial score (nSPS) is 18.3. The first-order valence-electron chi connectivity index (χ1n) is 9.72. The van der Waals surface area contributed by atoms with Crippen molar-refractivity contribution in [3.05, 3.63) is 65.5 Å². The van der Waals surface area contributed by atoms with E-state index in [9.17, 15) is 21.6 Å². The molecule has 1 fully saturated rings. The van der Waals surface area contributed by atoms with Crippen LogP contribution in [0, 0.1) is 6.92 Å². The lowest BCUT2D eigenvalue weighted by Gasteiger charge is -2.30. The predicted octanol–water partition coefficient (Wildman–Crippen LogP) is 4.63. The molecule has 31 heavy (non-hydrogen) atoms. The van der Waals surface area contributed by atoms with Gasteiger partial charge in [0, 0.05) is 18.7 Å². The Bertz CT molecular complexity index is 1190. The number of hydrogen-bond acceptors (Lipinski definition) is 5. The smallest absolute Gasteiger partial charge is 0.339 e. The molecule has 1 saturated heterocycles. The molecule has 0 radical (unpaired) electrons. The van der Waals surface area contributed by atoms with Crippen molar-refractivity contribution in [1.82, 2.24) is 14.4 Å². The Labute approximate surface area is 177 Å². The van der Waals surface area contributed by atoms with E-state index in [1.165, 1.54) is 10.4 Å². The highest BCUT2D eigenvalue weighted by atomic mass is 32.2. The Morgan fingerprint density at radius 2 is 1.90 bits per heavy atom. The lowest BCUT2D eigenvalue weighted by atomic mass is 10.00. The molecular weight excluding hydrogens is 431 g/mol. The van der Waals surface area contributed by atoms with Gasteiger partial charge in [-0.15, -0.1) is 0 Å². The highest BCUT2D eigenvalue weighted by molar-refractivity contribution is 7.89. The van der Waals surface area contributed by atoms with E-state index in [2.05, 4.69) is 10.1 Å². The number of aromatic nitrogens is 2. The second kappa shape index (κ2) is 8.08. The van der Waals surface area contributed by atoms with Gasteiger partial charge in [-0.3, -0.25) is 0 Å². The number of halogens is 3. The van der Waals surface area contributed by atoms with E-state index in [0.29, 0.717) is 30.6 Å². The Kier molecular flexibility index (Phi) is 5.61. The van der Waals surface area contributed by atoms with Gasteiger partial charge in [0.05, 0.1) is 16.4 Å². The third-order valence-corrected chi connectivity index (χ3v) is 7.11. The van der Waals surface area contributed by atoms with Crippen molar-refractivity contribution in [3.8, 4) is 11.4 Å². The SMILES string of the molecule is Cc1cccc(-c2noc(C3CCCN(S(=O)(=O)c4cccc(C(F)(F)F)c4)C3)n2)c1. The van der Waals surface area contributed by atoms with Gasteiger partial charge in [-0.2, -0.15) is 22.5 Å². The summed E-state index contributed by atoms with van der Waals surface area (Å²) in [6, 6.07) is 11.4. The number of hydrogen-bond donors (Lipinski definition) is 0. The summed E-state index contributed by atoms with van der Waals surface area (Å²) in [5.41, 5.74) is 0.834. The second-order valence-corrected chi connectivity index (χ2v) is 9.49. The zero-order valence-electron chi connectivity index (χ0n) is 16.6. The van der Waals surface area contributed by atoms with E-state index in [0.717, 1.165) is 23.3 Å². The van der Waals surface area contributed by atoms with Crippen molar-refractivity contribution in [2.24, 2.45) is 0 Å². The summed E-state index contributed by atoms with van der Waals surface area (Å²) in [5.74, 6) is 0.400. The largest absolute Gasteiger partial charge is 0.416 e. The number of alkyl halides is 3. The van der Waals surface area contributed by atoms with Gasteiger partial charge >= 0.3 is 6.18 Å². The van der Waals surface area contributed by atoms with Crippen molar-refractivity contribution in [3.63, 3.8) is 0 Å². The monoisotopic (exact) mass is 451 g/mol. The quantitative estimate of drug-likeness (QED) is 0.578. The molecule has 10 heteroatoms. The molecule has 0 aliphatic carbocycles. The van der Waals surface area contributed by atoms with Crippen LogP contribution in [0.4, 0.5) is 13.2 Å². The maximum absolute atomic E-state index is 13.0. The highest BCUT2D eigenvalue weighted by Gasteiger charge is 2.36. The first kappa shape index (κ1) is 21.5. The minimum atomic E-state index is -4.62. The van der Waals surface area contributed by atoms with E-state index in [4.69, 9.17) is 4.52 Å². The maximum Gasteiger partial charge on any atom is 0.416 e. The van der Waals surface area contributed by atoms with Crippen molar-refractivity contribution in [2.75, 3.05) is 13.1 Å². The maximum atomic E-state index is 13.0. The molecule has 3 aromatic rings. The van der Waals surface area contributed by atoms with Crippen LogP contribution in [0.15, 0.2) is 57.9 Å². The molecule has 2 aromatic carbocycles. The molecule has 164 valence electrons. The molecule has 1 aliphatic rings. The number of rotatable bonds is 4. The van der Waals surface area contributed by atoms with Gasteiger partial charge in [-0.1, -0.05) is 35.0 Å². The highest BCUT2D eigenvalue weighted by Crippen LogP contribution is 2.33. The first-order chi connectivity index (χ1) is 14.6. The van der Waals surface area contributed by atoms with E-state index in [1.54, 1.807) is 0 Å². The second-order valence-electron chi connectivity index (χ2n) is 7.55. The Balaban J connectivity index is 1.56. The van der Waals surface area contributed by atoms with Crippen molar-refractivity contribution in [2.45, 2.75) is 36.8 Å². The van der Waals surface area contributed by atoms with Crippen LogP contribution in [0.2, 0.25) is 0 Å². The van der Waals surface area contributed by atoms with Gasteiger partial charge in [-0.05, 0) is 44.0 Å². The molecule has 0 bridgehead atoms. The van der Waals surface area contributed by atoms with Crippen LogP contribution in [-0.2, 0) is 16.2 Å². The van der Waals surface area contributed by atoms with Crippen LogP contribution in [0.1, 0.15) is 35.8 Å². The van der Waals surface area contributed by atoms with Gasteiger partial charge in [0.15, 0.2) is 0 Å². The Morgan fingerprint density at radius 1 is 1.13 bits per heavy atom. The van der Waals surface area contributed by atoms with Crippen molar-refractivity contribution < 1.29 is 26.1 Å². The number of sulfonamides is 1. The summed E-state index contributed by atoms with van der Waals surface area (Å²) in [5, 5.41) is 4.01. The van der Waals surface area contributed by atoms with Crippen molar-refractivity contribution >= 4 is 10.0 Å². The molecule has 1 atom stereocenters. The molecule has 1 aromatic heterocycles. The summed E-state index contributed by atoms with van der Waals surface area (Å²) < 4.78 is 71.6. The third-order valence-electron chi connectivity index (χ3n) is 5.25. The predicted molar refractivity (Wildman–Crippen MR) is 107 cm³/mol. The first-order valence-corrected chi connectivity index (χ1v) is 11.2. The molecule has 0 N–H and O–H groups in total. The molecule has 4 rings (SSSR count). The van der Waals surface area contributed by atoms with Gasteiger partial charge in [0.25, 0.3) is 0 Å². The van der Waals surface area contributed by atoms with Gasteiger partial charge in [-0.25, -0.2) is 8.42 Å². The van der Waals surface area contributed by atoms with Crippen LogP contribution >= 0.6 is 0 Å². The lowest BCUT2D eigenvalue weighted by Crippen LogP contribution is -2.39. The fraction of sp³-hybridized carbons (Fsp3) is 0.333. The number of nitrogens with zero attached hydrogens (tertiary/aromatic N) is 3. The molecule has 0 saturated carbocycles. The lowest BCUT2D eigenvalue weighted by molar-refractivity contribution is -0.137. The van der Waals surface area contributed by atoms with Crippen LogP contribution in [0.3, 0.4) is 0 Å². The minimum Gasteiger partial charge on any atom is -0.339 e. The molecule has 1 unspecified atom stereocenters. The minimum absolute atomic E-state index is 0.0635. The number of piperidine rings is 1. The van der Waals surface area contributed by atoms with Crippen LogP contribution in [0.25, 0.3) is 11.4 Å². The molecule has 0 amide bonds. The van der Waals surface area contributed by atoms with E-state index < -0.39 is 21.8 Å². The fourth-order valence-electron chi connectivity index (χ4n) is 3.65. The molecule has 0 spiro atoms. The summed E-state index contributed by atoms with van der Waals surface area (Å²) in [6.45, 7) is 2.23. The molecular formula is C21H20F3N3O3S. The summed E-state index contributed by atoms with van der Waals surface area (Å²) in [6.07, 6.45) is -3.44. The zero-order chi connectivity index (χ0) is 22.2. The average Bonchev–Trinajstić information content (AvgIpc) is 3.24. The van der Waals surface area contributed by atoms with Crippen LogP contribution in [0.5, 0.6) is 0 Å². The van der Waals surface area contributed by atoms with Gasteiger partial charge < -0.3 is 4.52 Å². The summed E-state index contributed by atoms with van der Waals surface area (Å²) in [7, 11) is -4.09. The topological polar surface area (TPSA) is 76.3 Å². The van der Waals surface area contributed by atoms with Crippen molar-refractivity contribution in [1.29, 1.82) is 0 Å². The third kappa shape index (κ3) is 4.49. The molecule has 1 aliphatic heterocycles. The number of benzene rings is 2. The average molecular weight is 451 g/mol. The van der Waals surface area contributed by atoms with Gasteiger partial charge in [0.1, 0.15) is 0 Å². The summed E-state index contributed by atoms with van der Waals surface area (Å²) in [4.78, 5) is 4.05. The Morgan fingerprint density at radius 3 is 2.65 bits per heavy atom. The van der Waals surface area contributed by atoms with Crippen LogP contribution in [-0.4, -0.2) is 36.0 Å². The van der Waals surface area contributed by atoms with E-state index in [1.807, 2.05) is 31.2 Å². The fourth-order valence-corrected chi connectivity index (χ4v) is 5.22. The number of aryl methyl sites for hydroxylation is 1. The Hall–Kier alpha value is -2.72. The summed E-state index contributed by atoms with van der Waals surface area (Å²) >= 11 is 0. The molecule has 2 heterocycles. The van der Waals surface area contributed by atoms with E-state index >= 15 is 0 Å².